The van der Waals surface area contributed by atoms with Gasteiger partial charge >= 0.3 is 0 Å². The maximum Gasteiger partial charge on any atom is 0.133 e. The Kier molecular flexibility index (Phi) is 6.30. The van der Waals surface area contributed by atoms with E-state index in [0.29, 0.717) is 6.54 Å². The van der Waals surface area contributed by atoms with Crippen molar-refractivity contribution in [2.24, 2.45) is 4.99 Å². The quantitative estimate of drug-likeness (QED) is 0.724. The first-order valence-corrected chi connectivity index (χ1v) is 8.65. The van der Waals surface area contributed by atoms with E-state index in [9.17, 15) is 5.26 Å². The Balaban J connectivity index is 1.93. The lowest BCUT2D eigenvalue weighted by Crippen LogP contribution is -2.25. The van der Waals surface area contributed by atoms with Gasteiger partial charge in [-0.15, -0.1) is 11.3 Å². The number of rotatable bonds is 7. The van der Waals surface area contributed by atoms with Crippen molar-refractivity contribution in [3.63, 3.8) is 0 Å². The summed E-state index contributed by atoms with van der Waals surface area (Å²) < 4.78 is 0. The third-order valence-electron chi connectivity index (χ3n) is 3.54. The summed E-state index contributed by atoms with van der Waals surface area (Å²) in [6.07, 6.45) is 1.72. The highest BCUT2D eigenvalue weighted by Gasteiger charge is 2.11. The predicted molar refractivity (Wildman–Crippen MR) is 97.6 cm³/mol. The number of aliphatic imine (C=N–C) groups is 1. The minimum Gasteiger partial charge on any atom is -0.370 e. The van der Waals surface area contributed by atoms with Crippen LogP contribution in [-0.2, 0) is 0 Å². The molecule has 0 fully saturated rings. The van der Waals surface area contributed by atoms with Gasteiger partial charge in [-0.25, -0.2) is 4.98 Å². The highest BCUT2D eigenvalue weighted by molar-refractivity contribution is 7.09. The molecular weight excluding hydrogens is 304 g/mol. The molecule has 0 aliphatic heterocycles. The number of aromatic nitrogens is 1. The zero-order chi connectivity index (χ0) is 16.7. The monoisotopic (exact) mass is 326 g/mol. The molecule has 0 aliphatic rings. The van der Waals surface area contributed by atoms with Gasteiger partial charge in [0.1, 0.15) is 10.9 Å². The van der Waals surface area contributed by atoms with Crippen LogP contribution in [0.2, 0.25) is 0 Å². The first-order chi connectivity index (χ1) is 11.1. The Morgan fingerprint density at radius 1 is 1.43 bits per heavy atom. The fourth-order valence-electron chi connectivity index (χ4n) is 2.32. The van der Waals surface area contributed by atoms with Gasteiger partial charge in [0.15, 0.2) is 0 Å². The molecule has 1 atom stereocenters. The second-order valence-corrected chi connectivity index (χ2v) is 6.30. The normalized spacial score (nSPS) is 12.3. The van der Waals surface area contributed by atoms with E-state index in [1.807, 2.05) is 12.3 Å². The number of nitriles is 1. The lowest BCUT2D eigenvalue weighted by molar-refractivity contribution is 0.816. The Morgan fingerprint density at radius 3 is 2.87 bits per heavy atom. The lowest BCUT2D eigenvalue weighted by Gasteiger charge is -2.22. The van der Waals surface area contributed by atoms with Crippen LogP contribution in [0.1, 0.15) is 29.1 Å². The molecule has 0 aliphatic carbocycles. The molecule has 120 valence electrons. The molecule has 2 rings (SSSR count). The van der Waals surface area contributed by atoms with Crippen LogP contribution < -0.4 is 4.90 Å². The molecule has 0 bridgehead atoms. The molecule has 0 spiro atoms. The van der Waals surface area contributed by atoms with Crippen LogP contribution in [0.5, 0.6) is 0 Å². The van der Waals surface area contributed by atoms with Crippen LogP contribution in [0.4, 0.5) is 5.69 Å². The molecule has 5 heteroatoms. The van der Waals surface area contributed by atoms with E-state index in [0.717, 1.165) is 23.8 Å². The number of thiazole rings is 1. The molecule has 0 amide bonds. The van der Waals surface area contributed by atoms with Gasteiger partial charge in [0, 0.05) is 36.1 Å². The number of likely N-dealkylation sites (N-methyl/N-ethyl adjacent to an activating group) is 1. The molecule has 0 saturated heterocycles. The van der Waals surface area contributed by atoms with Crippen molar-refractivity contribution in [1.82, 2.24) is 4.98 Å². The van der Waals surface area contributed by atoms with Gasteiger partial charge in [-0.05, 0) is 38.5 Å². The summed E-state index contributed by atoms with van der Waals surface area (Å²) in [5, 5.41) is 12.0. The summed E-state index contributed by atoms with van der Waals surface area (Å²) in [4.78, 5) is 11.1. The molecule has 4 nitrogen and oxygen atoms in total. The third-order valence-corrected chi connectivity index (χ3v) is 4.59. The highest BCUT2D eigenvalue weighted by atomic mass is 32.1. The largest absolute Gasteiger partial charge is 0.370 e. The van der Waals surface area contributed by atoms with Crippen molar-refractivity contribution in [2.45, 2.75) is 26.7 Å². The molecule has 1 heterocycles. The van der Waals surface area contributed by atoms with E-state index in [-0.39, 0.29) is 5.92 Å². The first-order valence-electron chi connectivity index (χ1n) is 7.77. The topological polar surface area (TPSA) is 52.3 Å². The number of nitrogens with zero attached hydrogens (tertiary/aromatic N) is 4. The second kappa shape index (κ2) is 8.44. The maximum atomic E-state index is 9.27. The van der Waals surface area contributed by atoms with E-state index < -0.39 is 0 Å². The fourth-order valence-corrected chi connectivity index (χ4v) is 3.12. The van der Waals surface area contributed by atoms with Gasteiger partial charge in [0.05, 0.1) is 12.6 Å². The Hall–Kier alpha value is -2.19. The number of aryl methyl sites for hydroxylation is 2. The summed E-state index contributed by atoms with van der Waals surface area (Å²) in [6.45, 7) is 8.63. The van der Waals surface area contributed by atoms with E-state index in [4.69, 9.17) is 0 Å². The van der Waals surface area contributed by atoms with Crippen LogP contribution in [0.25, 0.3) is 0 Å². The smallest absolute Gasteiger partial charge is 0.133 e. The third kappa shape index (κ3) is 4.90. The second-order valence-electron chi connectivity index (χ2n) is 5.41. The molecule has 1 aromatic carbocycles. The summed E-state index contributed by atoms with van der Waals surface area (Å²) in [5.41, 5.74) is 3.43. The summed E-state index contributed by atoms with van der Waals surface area (Å²) in [6, 6.07) is 10.7. The van der Waals surface area contributed by atoms with Crippen molar-refractivity contribution in [2.75, 3.05) is 24.5 Å². The van der Waals surface area contributed by atoms with Gasteiger partial charge < -0.3 is 4.90 Å². The Morgan fingerprint density at radius 2 is 2.26 bits per heavy atom. The van der Waals surface area contributed by atoms with Crippen LogP contribution in [0.3, 0.4) is 0 Å². The molecular formula is C18H22N4S. The van der Waals surface area contributed by atoms with E-state index >= 15 is 0 Å². The maximum absolute atomic E-state index is 9.27. The number of hydrogen-bond acceptors (Lipinski definition) is 5. The molecule has 0 saturated carbocycles. The van der Waals surface area contributed by atoms with Crippen LogP contribution in [0.15, 0.2) is 34.6 Å². The molecule has 23 heavy (non-hydrogen) atoms. The van der Waals surface area contributed by atoms with Crippen molar-refractivity contribution >= 4 is 23.2 Å². The number of anilines is 1. The van der Waals surface area contributed by atoms with Gasteiger partial charge in [-0.1, -0.05) is 12.1 Å². The van der Waals surface area contributed by atoms with E-state index in [1.54, 1.807) is 6.21 Å². The van der Waals surface area contributed by atoms with Gasteiger partial charge in [0.2, 0.25) is 0 Å². The average molecular weight is 326 g/mol. The highest BCUT2D eigenvalue weighted by Crippen LogP contribution is 2.18. The summed E-state index contributed by atoms with van der Waals surface area (Å²) in [7, 11) is 0. The molecule has 0 radical (unpaired) electrons. The number of benzene rings is 1. The minimum atomic E-state index is -0.345. The van der Waals surface area contributed by atoms with Crippen LogP contribution in [0, 0.1) is 25.2 Å². The zero-order valence-corrected chi connectivity index (χ0v) is 14.7. The van der Waals surface area contributed by atoms with Gasteiger partial charge in [0.25, 0.3) is 0 Å². The molecule has 1 unspecified atom stereocenters. The molecule has 2 aromatic rings. The van der Waals surface area contributed by atoms with E-state index in [2.05, 4.69) is 59.1 Å². The first kappa shape index (κ1) is 17.2. The molecule has 0 N–H and O–H groups in total. The lowest BCUT2D eigenvalue weighted by atomic mass is 10.2. The van der Waals surface area contributed by atoms with Crippen LogP contribution in [-0.4, -0.2) is 30.8 Å². The molecule has 1 aromatic heterocycles. The fraction of sp³-hybridized carbons (Fsp3) is 0.389. The summed E-state index contributed by atoms with van der Waals surface area (Å²) >= 11 is 1.51. The Labute approximate surface area is 142 Å². The van der Waals surface area contributed by atoms with E-state index in [1.165, 1.54) is 22.6 Å². The minimum absolute atomic E-state index is 0.345. The standard InChI is InChI=1S/C18H22N4S/c1-4-22(17-7-5-6-14(2)10-17)9-8-20-12-16(11-19)18-21-15(3)13-23-18/h5-7,10,12-13,16H,4,8-9H2,1-3H3. The zero-order valence-electron chi connectivity index (χ0n) is 13.9. The summed E-state index contributed by atoms with van der Waals surface area (Å²) in [5.74, 6) is -0.345. The van der Waals surface area contributed by atoms with Crippen molar-refractivity contribution in [1.29, 1.82) is 5.26 Å². The predicted octanol–water partition coefficient (Wildman–Crippen LogP) is 3.96. The number of hydrogen-bond donors (Lipinski definition) is 0. The SMILES string of the molecule is CCN(CCN=CC(C#N)c1nc(C)cs1)c1cccc(C)c1. The average Bonchev–Trinajstić information content (AvgIpc) is 2.97. The van der Waals surface area contributed by atoms with Crippen molar-refractivity contribution in [3.05, 3.63) is 45.9 Å². The van der Waals surface area contributed by atoms with Crippen LogP contribution >= 0.6 is 11.3 Å². The van der Waals surface area contributed by atoms with Gasteiger partial charge in [-0.2, -0.15) is 5.26 Å². The van der Waals surface area contributed by atoms with Crippen molar-refractivity contribution in [3.8, 4) is 6.07 Å². The van der Waals surface area contributed by atoms with Crippen molar-refractivity contribution < 1.29 is 0 Å². The Bertz CT molecular complexity index is 699. The van der Waals surface area contributed by atoms with Gasteiger partial charge in [-0.3, -0.25) is 4.99 Å².